The van der Waals surface area contributed by atoms with Gasteiger partial charge in [-0.15, -0.1) is 0 Å². The van der Waals surface area contributed by atoms with Crippen molar-refractivity contribution >= 4 is 12.2 Å². The van der Waals surface area contributed by atoms with E-state index in [9.17, 15) is 0 Å². The van der Waals surface area contributed by atoms with Crippen LogP contribution in [0.1, 0.15) is 38.3 Å². The summed E-state index contributed by atoms with van der Waals surface area (Å²) in [6.45, 7) is 5.46. The highest BCUT2D eigenvalue weighted by Crippen LogP contribution is 2.45. The molecule has 0 aromatic carbocycles. The van der Waals surface area contributed by atoms with Crippen LogP contribution in [0.15, 0.2) is 6.20 Å². The van der Waals surface area contributed by atoms with Gasteiger partial charge in [-0.2, -0.15) is 0 Å². The van der Waals surface area contributed by atoms with E-state index in [1.807, 2.05) is 0 Å². The summed E-state index contributed by atoms with van der Waals surface area (Å²) in [5.74, 6) is 0. The zero-order valence-electron chi connectivity index (χ0n) is 8.97. The second-order valence-electron chi connectivity index (χ2n) is 4.58. The number of imidazole rings is 1. The van der Waals surface area contributed by atoms with Crippen LogP contribution in [-0.4, -0.2) is 9.55 Å². The Morgan fingerprint density at radius 2 is 2.29 bits per heavy atom. The summed E-state index contributed by atoms with van der Waals surface area (Å²) < 4.78 is 3.08. The molecular formula is C11H18N2S. The SMILES string of the molecule is CCC1(Cn2cc(C)[nH]c2=S)CCC1. The third-order valence-electron chi connectivity index (χ3n) is 3.58. The van der Waals surface area contributed by atoms with Crippen molar-refractivity contribution in [2.75, 3.05) is 0 Å². The van der Waals surface area contributed by atoms with E-state index in [-0.39, 0.29) is 0 Å². The fourth-order valence-corrected chi connectivity index (χ4v) is 2.62. The fraction of sp³-hybridized carbons (Fsp3) is 0.727. The van der Waals surface area contributed by atoms with Gasteiger partial charge in [0.2, 0.25) is 0 Å². The molecule has 0 amide bonds. The average Bonchev–Trinajstić information content (AvgIpc) is 2.38. The van der Waals surface area contributed by atoms with Crippen LogP contribution in [0.3, 0.4) is 0 Å². The maximum atomic E-state index is 5.27. The third-order valence-corrected chi connectivity index (χ3v) is 3.92. The molecule has 14 heavy (non-hydrogen) atoms. The molecule has 2 rings (SSSR count). The molecule has 1 fully saturated rings. The molecule has 1 aromatic rings. The Morgan fingerprint density at radius 1 is 1.57 bits per heavy atom. The van der Waals surface area contributed by atoms with Gasteiger partial charge in [0.15, 0.2) is 4.77 Å². The van der Waals surface area contributed by atoms with Crippen LogP contribution in [0.5, 0.6) is 0 Å². The first-order valence-electron chi connectivity index (χ1n) is 5.41. The van der Waals surface area contributed by atoms with E-state index in [1.54, 1.807) is 0 Å². The Hall–Kier alpha value is -0.570. The average molecular weight is 210 g/mol. The van der Waals surface area contributed by atoms with Crippen LogP contribution in [0.4, 0.5) is 0 Å². The van der Waals surface area contributed by atoms with Gasteiger partial charge in [-0.1, -0.05) is 13.3 Å². The summed E-state index contributed by atoms with van der Waals surface area (Å²) in [4.78, 5) is 3.18. The molecule has 0 bridgehead atoms. The number of aromatic nitrogens is 2. The molecule has 1 N–H and O–H groups in total. The van der Waals surface area contributed by atoms with Crippen LogP contribution in [-0.2, 0) is 6.54 Å². The Labute approximate surface area is 90.3 Å². The highest BCUT2D eigenvalue weighted by Gasteiger charge is 2.35. The van der Waals surface area contributed by atoms with Crippen molar-refractivity contribution in [1.29, 1.82) is 0 Å². The Bertz CT molecular complexity index is 365. The van der Waals surface area contributed by atoms with Gasteiger partial charge in [-0.05, 0) is 43.8 Å². The Morgan fingerprint density at radius 3 is 2.64 bits per heavy atom. The quantitative estimate of drug-likeness (QED) is 0.758. The van der Waals surface area contributed by atoms with Gasteiger partial charge in [0.25, 0.3) is 0 Å². The van der Waals surface area contributed by atoms with E-state index < -0.39 is 0 Å². The molecule has 1 aliphatic carbocycles. The van der Waals surface area contributed by atoms with Gasteiger partial charge < -0.3 is 9.55 Å². The molecule has 2 nitrogen and oxygen atoms in total. The second kappa shape index (κ2) is 3.54. The summed E-state index contributed by atoms with van der Waals surface area (Å²) in [7, 11) is 0. The van der Waals surface area contributed by atoms with Crippen LogP contribution < -0.4 is 0 Å². The smallest absolute Gasteiger partial charge is 0.177 e. The summed E-state index contributed by atoms with van der Waals surface area (Å²) in [5, 5.41) is 0. The standard InChI is InChI=1S/C11H18N2S/c1-3-11(5-4-6-11)8-13-7-9(2)12-10(13)14/h7H,3-6,8H2,1-2H3,(H,12,14). The van der Waals surface area contributed by atoms with Gasteiger partial charge in [-0.3, -0.25) is 0 Å². The van der Waals surface area contributed by atoms with Crippen LogP contribution in [0, 0.1) is 17.1 Å². The molecule has 0 unspecified atom stereocenters. The minimum Gasteiger partial charge on any atom is -0.335 e. The number of aryl methyl sites for hydroxylation is 1. The number of hydrogen-bond donors (Lipinski definition) is 1. The van der Waals surface area contributed by atoms with Crippen LogP contribution in [0.25, 0.3) is 0 Å². The summed E-state index contributed by atoms with van der Waals surface area (Å²) in [6, 6.07) is 0. The molecule has 0 radical (unpaired) electrons. The molecule has 0 spiro atoms. The van der Waals surface area contributed by atoms with Gasteiger partial charge in [-0.25, -0.2) is 0 Å². The predicted molar refractivity (Wildman–Crippen MR) is 60.9 cm³/mol. The largest absolute Gasteiger partial charge is 0.335 e. The minimum atomic E-state index is 0.548. The molecule has 0 aliphatic heterocycles. The Balaban J connectivity index is 2.17. The van der Waals surface area contributed by atoms with Crippen molar-refractivity contribution in [3.63, 3.8) is 0 Å². The van der Waals surface area contributed by atoms with Gasteiger partial charge >= 0.3 is 0 Å². The number of nitrogens with one attached hydrogen (secondary N) is 1. The first kappa shape index (κ1) is 9.97. The normalized spacial score (nSPS) is 19.3. The van der Waals surface area contributed by atoms with Crippen molar-refractivity contribution in [3.8, 4) is 0 Å². The molecule has 1 heterocycles. The van der Waals surface area contributed by atoms with Crippen molar-refractivity contribution < 1.29 is 0 Å². The lowest BCUT2D eigenvalue weighted by Gasteiger charge is -2.41. The van der Waals surface area contributed by atoms with E-state index in [0.717, 1.165) is 11.3 Å². The number of nitrogens with zero attached hydrogens (tertiary/aromatic N) is 1. The number of aromatic amines is 1. The molecule has 0 saturated heterocycles. The first-order valence-corrected chi connectivity index (χ1v) is 5.82. The van der Waals surface area contributed by atoms with Crippen LogP contribution >= 0.6 is 12.2 Å². The van der Waals surface area contributed by atoms with E-state index in [2.05, 4.69) is 29.6 Å². The fourth-order valence-electron chi connectivity index (χ4n) is 2.34. The summed E-state index contributed by atoms with van der Waals surface area (Å²) in [5.41, 5.74) is 1.72. The number of rotatable bonds is 3. The highest BCUT2D eigenvalue weighted by atomic mass is 32.1. The highest BCUT2D eigenvalue weighted by molar-refractivity contribution is 7.71. The molecule has 1 aromatic heterocycles. The predicted octanol–water partition coefficient (Wildman–Crippen LogP) is 3.43. The summed E-state index contributed by atoms with van der Waals surface area (Å²) in [6.07, 6.45) is 7.55. The van der Waals surface area contributed by atoms with Crippen molar-refractivity contribution in [1.82, 2.24) is 9.55 Å². The second-order valence-corrected chi connectivity index (χ2v) is 4.96. The minimum absolute atomic E-state index is 0.548. The van der Waals surface area contributed by atoms with E-state index in [0.29, 0.717) is 5.41 Å². The van der Waals surface area contributed by atoms with Crippen molar-refractivity contribution in [3.05, 3.63) is 16.7 Å². The third kappa shape index (κ3) is 1.65. The molecule has 78 valence electrons. The van der Waals surface area contributed by atoms with E-state index in [4.69, 9.17) is 12.2 Å². The molecule has 1 saturated carbocycles. The number of hydrogen-bond acceptors (Lipinski definition) is 1. The van der Waals surface area contributed by atoms with Gasteiger partial charge in [0.05, 0.1) is 0 Å². The number of H-pyrrole nitrogens is 1. The van der Waals surface area contributed by atoms with Crippen LogP contribution in [0.2, 0.25) is 0 Å². The molecular weight excluding hydrogens is 192 g/mol. The first-order chi connectivity index (χ1) is 6.65. The summed E-state index contributed by atoms with van der Waals surface area (Å²) >= 11 is 5.27. The van der Waals surface area contributed by atoms with Gasteiger partial charge in [0.1, 0.15) is 0 Å². The maximum absolute atomic E-state index is 5.27. The topological polar surface area (TPSA) is 20.7 Å². The molecule has 1 aliphatic rings. The lowest BCUT2D eigenvalue weighted by molar-refractivity contribution is 0.0997. The van der Waals surface area contributed by atoms with Crippen molar-refractivity contribution in [2.45, 2.75) is 46.1 Å². The monoisotopic (exact) mass is 210 g/mol. The van der Waals surface area contributed by atoms with E-state index in [1.165, 1.54) is 31.4 Å². The molecule has 0 atom stereocenters. The molecule has 3 heteroatoms. The maximum Gasteiger partial charge on any atom is 0.177 e. The lowest BCUT2D eigenvalue weighted by atomic mass is 9.67. The Kier molecular flexibility index (Phi) is 2.52. The van der Waals surface area contributed by atoms with E-state index >= 15 is 0 Å². The van der Waals surface area contributed by atoms with Gasteiger partial charge in [0, 0.05) is 18.4 Å². The zero-order valence-corrected chi connectivity index (χ0v) is 9.78. The lowest BCUT2D eigenvalue weighted by Crippen LogP contribution is -2.33. The zero-order chi connectivity index (χ0) is 10.2. The van der Waals surface area contributed by atoms with Crippen molar-refractivity contribution in [2.24, 2.45) is 5.41 Å².